The number of carbonyl (C=O) groups excluding carboxylic acids is 1. The van der Waals surface area contributed by atoms with E-state index in [4.69, 9.17) is 9.47 Å². The molecule has 0 saturated carbocycles. The van der Waals surface area contributed by atoms with Crippen molar-refractivity contribution in [1.29, 1.82) is 0 Å². The Morgan fingerprint density at radius 3 is 2.96 bits per heavy atom. The molecule has 4 rings (SSSR count). The Hall–Kier alpha value is -2.07. The smallest absolute Gasteiger partial charge is 0.331 e. The molecule has 0 amide bonds. The van der Waals surface area contributed by atoms with E-state index >= 15 is 0 Å². The predicted octanol–water partition coefficient (Wildman–Crippen LogP) is 3.19. The Bertz CT molecular complexity index is 721. The van der Waals surface area contributed by atoms with Gasteiger partial charge in [0.2, 0.25) is 0 Å². The van der Waals surface area contributed by atoms with Crippen LogP contribution in [0, 0.1) is 0 Å². The lowest BCUT2D eigenvalue weighted by molar-refractivity contribution is -0.142. The monoisotopic (exact) mass is 325 g/mol. The summed E-state index contributed by atoms with van der Waals surface area (Å²) >= 11 is 0. The molecule has 3 heterocycles. The number of rotatable bonds is 2. The number of fused-ring (bicyclic) bond motifs is 3. The van der Waals surface area contributed by atoms with E-state index in [-0.39, 0.29) is 24.2 Å². The van der Waals surface area contributed by atoms with Gasteiger partial charge in [-0.25, -0.2) is 4.79 Å². The molecule has 1 fully saturated rings. The van der Waals surface area contributed by atoms with Crippen molar-refractivity contribution in [2.24, 2.45) is 0 Å². The Morgan fingerprint density at radius 1 is 1.25 bits per heavy atom. The molecule has 3 atom stereocenters. The number of hydrogen-bond donors (Lipinski definition) is 0. The summed E-state index contributed by atoms with van der Waals surface area (Å²) in [5.41, 5.74) is 3.39. The number of esters is 1. The lowest BCUT2D eigenvalue weighted by Crippen LogP contribution is -2.50. The summed E-state index contributed by atoms with van der Waals surface area (Å²) in [6.45, 7) is 3.31. The third kappa shape index (κ3) is 2.55. The Kier molecular flexibility index (Phi) is 3.93. The minimum Gasteiger partial charge on any atom is -0.497 e. The average molecular weight is 325 g/mol. The van der Waals surface area contributed by atoms with E-state index in [0.717, 1.165) is 29.9 Å². The first-order chi connectivity index (χ1) is 11.7. The SMILES string of the molecule is COc1cccc(C2=CC3=CC(=O)OC3C3CCCCN3[C@H]2C)c1. The summed E-state index contributed by atoms with van der Waals surface area (Å²) in [6.07, 6.45) is 7.18. The quantitative estimate of drug-likeness (QED) is 0.783. The number of methoxy groups -OCH3 is 1. The Morgan fingerprint density at radius 2 is 2.12 bits per heavy atom. The first-order valence-corrected chi connectivity index (χ1v) is 8.71. The normalized spacial score (nSPS) is 29.8. The average Bonchev–Trinajstić information content (AvgIpc) is 2.94. The van der Waals surface area contributed by atoms with Crippen LogP contribution in [0.1, 0.15) is 31.7 Å². The lowest BCUT2D eigenvalue weighted by Gasteiger charge is -2.41. The highest BCUT2D eigenvalue weighted by atomic mass is 16.5. The van der Waals surface area contributed by atoms with Crippen molar-refractivity contribution >= 4 is 11.5 Å². The molecule has 1 aromatic carbocycles. The molecule has 24 heavy (non-hydrogen) atoms. The second-order valence-electron chi connectivity index (χ2n) is 6.81. The van der Waals surface area contributed by atoms with Crippen LogP contribution in [0.25, 0.3) is 5.57 Å². The Labute approximate surface area is 142 Å². The van der Waals surface area contributed by atoms with Crippen LogP contribution in [0.2, 0.25) is 0 Å². The second kappa shape index (κ2) is 6.10. The van der Waals surface area contributed by atoms with Gasteiger partial charge in [-0.3, -0.25) is 4.90 Å². The molecule has 0 aliphatic carbocycles. The summed E-state index contributed by atoms with van der Waals surface area (Å²) in [5, 5.41) is 0. The minimum absolute atomic E-state index is 0.122. The third-order valence-electron chi connectivity index (χ3n) is 5.47. The maximum Gasteiger partial charge on any atom is 0.331 e. The van der Waals surface area contributed by atoms with Crippen molar-refractivity contribution in [3.63, 3.8) is 0 Å². The van der Waals surface area contributed by atoms with Crippen LogP contribution in [0.3, 0.4) is 0 Å². The summed E-state index contributed by atoms with van der Waals surface area (Å²) in [6, 6.07) is 8.72. The summed E-state index contributed by atoms with van der Waals surface area (Å²) in [5.74, 6) is 0.639. The fourth-order valence-electron chi connectivity index (χ4n) is 4.26. The molecule has 0 aromatic heterocycles. The molecular formula is C20H23NO3. The van der Waals surface area contributed by atoms with E-state index in [1.165, 1.54) is 18.4 Å². The van der Waals surface area contributed by atoms with Crippen LogP contribution >= 0.6 is 0 Å². The summed E-state index contributed by atoms with van der Waals surface area (Å²) in [4.78, 5) is 14.4. The number of benzene rings is 1. The molecule has 0 bridgehead atoms. The molecule has 4 heteroatoms. The maximum atomic E-state index is 11.9. The van der Waals surface area contributed by atoms with E-state index in [1.54, 1.807) is 13.2 Å². The van der Waals surface area contributed by atoms with E-state index in [1.807, 2.05) is 12.1 Å². The highest BCUT2D eigenvalue weighted by Gasteiger charge is 2.42. The van der Waals surface area contributed by atoms with Crippen molar-refractivity contribution < 1.29 is 14.3 Å². The van der Waals surface area contributed by atoms with Crippen LogP contribution in [0.15, 0.2) is 42.0 Å². The molecule has 1 saturated heterocycles. The van der Waals surface area contributed by atoms with E-state index < -0.39 is 0 Å². The van der Waals surface area contributed by atoms with Gasteiger partial charge in [-0.05, 0) is 55.7 Å². The second-order valence-corrected chi connectivity index (χ2v) is 6.81. The van der Waals surface area contributed by atoms with Gasteiger partial charge in [-0.15, -0.1) is 0 Å². The number of piperidine rings is 1. The predicted molar refractivity (Wildman–Crippen MR) is 92.7 cm³/mol. The van der Waals surface area contributed by atoms with Gasteiger partial charge < -0.3 is 9.47 Å². The number of carbonyl (C=O) groups is 1. The number of nitrogens with zero attached hydrogens (tertiary/aromatic N) is 1. The first-order valence-electron chi connectivity index (χ1n) is 8.71. The zero-order valence-corrected chi connectivity index (χ0v) is 14.2. The third-order valence-corrected chi connectivity index (χ3v) is 5.47. The number of hydrogen-bond acceptors (Lipinski definition) is 4. The molecule has 2 unspecified atom stereocenters. The highest BCUT2D eigenvalue weighted by Crippen LogP contribution is 2.39. The van der Waals surface area contributed by atoms with E-state index in [0.29, 0.717) is 0 Å². The molecule has 0 radical (unpaired) electrons. The van der Waals surface area contributed by atoms with Crippen molar-refractivity contribution in [2.75, 3.05) is 13.7 Å². The topological polar surface area (TPSA) is 38.8 Å². The van der Waals surface area contributed by atoms with Crippen molar-refractivity contribution in [1.82, 2.24) is 4.90 Å². The molecule has 1 aromatic rings. The standard InChI is InChI=1S/C20H23NO3/c1-13-17(14-6-5-7-16(10-14)23-2)11-15-12-19(22)24-20(15)18-8-3-4-9-21(13)18/h5-7,10-13,18,20H,3-4,8-9H2,1-2H3/t13-,18?,20?/m0/s1. The minimum atomic E-state index is -0.212. The fraction of sp³-hybridized carbons (Fsp3) is 0.450. The van der Waals surface area contributed by atoms with Gasteiger partial charge in [0.1, 0.15) is 11.9 Å². The zero-order chi connectivity index (χ0) is 16.7. The molecule has 126 valence electrons. The highest BCUT2D eigenvalue weighted by molar-refractivity contribution is 5.88. The van der Waals surface area contributed by atoms with Gasteiger partial charge in [0.25, 0.3) is 0 Å². The van der Waals surface area contributed by atoms with Crippen LogP contribution in [-0.4, -0.2) is 42.7 Å². The molecule has 4 nitrogen and oxygen atoms in total. The first kappa shape index (κ1) is 15.5. The molecule has 0 N–H and O–H groups in total. The zero-order valence-electron chi connectivity index (χ0n) is 14.2. The van der Waals surface area contributed by atoms with Crippen molar-refractivity contribution in [3.8, 4) is 5.75 Å². The largest absolute Gasteiger partial charge is 0.497 e. The van der Waals surface area contributed by atoms with E-state index in [9.17, 15) is 4.79 Å². The van der Waals surface area contributed by atoms with Crippen LogP contribution in [0.5, 0.6) is 5.75 Å². The van der Waals surface area contributed by atoms with Crippen LogP contribution < -0.4 is 4.74 Å². The van der Waals surface area contributed by atoms with Crippen LogP contribution in [-0.2, 0) is 9.53 Å². The fourth-order valence-corrected chi connectivity index (χ4v) is 4.26. The number of ether oxygens (including phenoxy) is 2. The van der Waals surface area contributed by atoms with Gasteiger partial charge in [0.05, 0.1) is 13.2 Å². The van der Waals surface area contributed by atoms with E-state index in [2.05, 4.69) is 30.0 Å². The van der Waals surface area contributed by atoms with Crippen LogP contribution in [0.4, 0.5) is 0 Å². The van der Waals surface area contributed by atoms with Gasteiger partial charge in [-0.1, -0.05) is 18.6 Å². The summed E-state index contributed by atoms with van der Waals surface area (Å²) in [7, 11) is 1.69. The molecule has 3 aliphatic rings. The summed E-state index contributed by atoms with van der Waals surface area (Å²) < 4.78 is 11.0. The molecule has 3 aliphatic heterocycles. The van der Waals surface area contributed by atoms with Gasteiger partial charge in [-0.2, -0.15) is 0 Å². The Balaban J connectivity index is 1.80. The molecule has 0 spiro atoms. The van der Waals surface area contributed by atoms with Gasteiger partial charge in [0, 0.05) is 17.7 Å². The molecular weight excluding hydrogens is 302 g/mol. The lowest BCUT2D eigenvalue weighted by atomic mass is 9.93. The van der Waals surface area contributed by atoms with Crippen molar-refractivity contribution in [3.05, 3.63) is 47.6 Å². The maximum absolute atomic E-state index is 11.9. The van der Waals surface area contributed by atoms with Crippen molar-refractivity contribution in [2.45, 2.75) is 44.4 Å². The van der Waals surface area contributed by atoms with Gasteiger partial charge >= 0.3 is 5.97 Å². The van der Waals surface area contributed by atoms with Gasteiger partial charge in [0.15, 0.2) is 0 Å².